The molecule has 9 heteroatoms. The van der Waals surface area contributed by atoms with Gasteiger partial charge in [-0.3, -0.25) is 4.79 Å². The van der Waals surface area contributed by atoms with E-state index in [0.717, 1.165) is 15.8 Å². The highest BCUT2D eigenvalue weighted by Gasteiger charge is 2.34. The minimum atomic E-state index is -3.83. The summed E-state index contributed by atoms with van der Waals surface area (Å²) in [6.07, 6.45) is 0.645. The van der Waals surface area contributed by atoms with Gasteiger partial charge in [0.05, 0.1) is 25.6 Å². The lowest BCUT2D eigenvalue weighted by molar-refractivity contribution is 0.0941. The maximum atomic E-state index is 13.5. The molecule has 32 heavy (non-hydrogen) atoms. The predicted molar refractivity (Wildman–Crippen MR) is 119 cm³/mol. The third-order valence-corrected chi connectivity index (χ3v) is 7.84. The lowest BCUT2D eigenvalue weighted by atomic mass is 10.0. The first-order valence-corrected chi connectivity index (χ1v) is 11.6. The van der Waals surface area contributed by atoms with Gasteiger partial charge in [0.2, 0.25) is 10.0 Å². The Balaban J connectivity index is 1.70. The Kier molecular flexibility index (Phi) is 5.79. The molecule has 1 aliphatic heterocycles. The second-order valence-electron chi connectivity index (χ2n) is 7.64. The molecular formula is C23H25N3O5S. The number of ether oxygens (including phenoxy) is 2. The van der Waals surface area contributed by atoms with Crippen LogP contribution in [0.3, 0.4) is 0 Å². The molecule has 168 valence electrons. The van der Waals surface area contributed by atoms with Crippen LogP contribution >= 0.6 is 0 Å². The Morgan fingerprint density at radius 3 is 2.38 bits per heavy atom. The van der Waals surface area contributed by atoms with Gasteiger partial charge in [0.15, 0.2) is 11.5 Å². The smallest absolute Gasteiger partial charge is 0.278 e. The van der Waals surface area contributed by atoms with E-state index in [4.69, 9.17) is 9.47 Å². The summed E-state index contributed by atoms with van der Waals surface area (Å²) < 4.78 is 40.1. The number of nitrogens with zero attached hydrogens (tertiary/aromatic N) is 3. The van der Waals surface area contributed by atoms with E-state index in [0.29, 0.717) is 36.6 Å². The number of sulfonamides is 1. The van der Waals surface area contributed by atoms with Crippen molar-refractivity contribution in [2.45, 2.75) is 31.7 Å². The maximum Gasteiger partial charge on any atom is 0.278 e. The number of carbonyl (C=O) groups is 1. The van der Waals surface area contributed by atoms with Crippen molar-refractivity contribution < 1.29 is 22.7 Å². The molecule has 0 N–H and O–H groups in total. The maximum absolute atomic E-state index is 13.5. The zero-order chi connectivity index (χ0) is 23.0. The van der Waals surface area contributed by atoms with Crippen LogP contribution in [0.4, 0.5) is 0 Å². The summed E-state index contributed by atoms with van der Waals surface area (Å²) in [5.74, 6) is 0.447. The first-order valence-electron chi connectivity index (χ1n) is 10.2. The van der Waals surface area contributed by atoms with Crippen LogP contribution < -0.4 is 9.47 Å². The highest BCUT2D eigenvalue weighted by Crippen LogP contribution is 2.30. The highest BCUT2D eigenvalue weighted by atomic mass is 32.2. The van der Waals surface area contributed by atoms with E-state index in [1.807, 2.05) is 24.3 Å². The molecule has 0 saturated carbocycles. The topological polar surface area (TPSA) is 90.7 Å². The van der Waals surface area contributed by atoms with Crippen LogP contribution in [0.5, 0.6) is 11.5 Å². The fraction of sp³-hybridized carbons (Fsp3) is 0.304. The van der Waals surface area contributed by atoms with Gasteiger partial charge in [-0.2, -0.15) is 14.1 Å². The van der Waals surface area contributed by atoms with Crippen LogP contribution in [0.2, 0.25) is 0 Å². The summed E-state index contributed by atoms with van der Waals surface area (Å²) in [6.45, 7) is 3.89. The monoisotopic (exact) mass is 455 g/mol. The number of hydrogen-bond donors (Lipinski definition) is 0. The van der Waals surface area contributed by atoms with Gasteiger partial charge in [-0.1, -0.05) is 24.3 Å². The molecule has 0 fully saturated rings. The molecule has 8 nitrogen and oxygen atoms in total. The lowest BCUT2D eigenvalue weighted by Crippen LogP contribution is -2.36. The van der Waals surface area contributed by atoms with Crippen LogP contribution in [-0.4, -0.2) is 49.2 Å². The first kappa shape index (κ1) is 22.0. The van der Waals surface area contributed by atoms with Crippen molar-refractivity contribution in [3.8, 4) is 11.5 Å². The Hall–Kier alpha value is -3.17. The summed E-state index contributed by atoms with van der Waals surface area (Å²) in [5, 5.41) is 4.28. The molecule has 0 unspecified atom stereocenters. The van der Waals surface area contributed by atoms with Gasteiger partial charge in [0, 0.05) is 18.7 Å². The van der Waals surface area contributed by atoms with E-state index in [9.17, 15) is 13.2 Å². The van der Waals surface area contributed by atoms with Crippen molar-refractivity contribution >= 4 is 15.9 Å². The van der Waals surface area contributed by atoms with Gasteiger partial charge in [0.25, 0.3) is 5.91 Å². The lowest BCUT2D eigenvalue weighted by Gasteiger charge is -2.28. The molecule has 0 amide bonds. The van der Waals surface area contributed by atoms with Gasteiger partial charge >= 0.3 is 0 Å². The molecule has 0 radical (unpaired) electrons. The largest absolute Gasteiger partial charge is 0.493 e. The number of hydrogen-bond acceptors (Lipinski definition) is 6. The van der Waals surface area contributed by atoms with E-state index < -0.39 is 15.9 Å². The molecule has 0 bridgehead atoms. The van der Waals surface area contributed by atoms with Crippen molar-refractivity contribution in [3.05, 3.63) is 70.5 Å². The number of benzene rings is 2. The Labute approximate surface area is 187 Å². The van der Waals surface area contributed by atoms with Gasteiger partial charge in [-0.25, -0.2) is 8.42 Å². The van der Waals surface area contributed by atoms with E-state index in [1.165, 1.54) is 18.5 Å². The third kappa shape index (κ3) is 3.67. The summed E-state index contributed by atoms with van der Waals surface area (Å²) in [6, 6.07) is 12.6. The van der Waals surface area contributed by atoms with E-state index in [2.05, 4.69) is 5.10 Å². The third-order valence-electron chi connectivity index (χ3n) is 5.74. The number of fused-ring (bicyclic) bond motifs is 1. The molecule has 2 aromatic carbocycles. The van der Waals surface area contributed by atoms with Crippen molar-refractivity contribution in [3.63, 3.8) is 0 Å². The number of methoxy groups -OCH3 is 2. The fourth-order valence-corrected chi connectivity index (χ4v) is 5.87. The zero-order valence-corrected chi connectivity index (χ0v) is 19.3. The Morgan fingerprint density at radius 2 is 1.69 bits per heavy atom. The quantitative estimate of drug-likeness (QED) is 0.588. The standard InChI is InChI=1S/C23H25N3O5S/c1-15-22(32(28,29)25-12-11-17-7-5-6-8-19(17)14-25)16(2)26(24-15)23(27)18-9-10-20(30-3)21(13-18)31-4/h5-10,13H,11-12,14H2,1-4H3. The minimum absolute atomic E-state index is 0.0747. The predicted octanol–water partition coefficient (Wildman–Crippen LogP) is 2.95. The summed E-state index contributed by atoms with van der Waals surface area (Å²) in [4.78, 5) is 13.2. The fourth-order valence-electron chi connectivity index (χ4n) is 4.10. The van der Waals surface area contributed by atoms with Gasteiger partial charge in [-0.05, 0) is 49.6 Å². The van der Waals surface area contributed by atoms with E-state index in [-0.39, 0.29) is 16.3 Å². The van der Waals surface area contributed by atoms with E-state index in [1.54, 1.807) is 32.0 Å². The van der Waals surface area contributed by atoms with Crippen molar-refractivity contribution in [2.75, 3.05) is 20.8 Å². The summed E-state index contributed by atoms with van der Waals surface area (Å²) >= 11 is 0. The van der Waals surface area contributed by atoms with E-state index >= 15 is 0 Å². The molecule has 3 aromatic rings. The van der Waals surface area contributed by atoms with Gasteiger partial charge in [0.1, 0.15) is 4.90 Å². The van der Waals surface area contributed by atoms with Crippen LogP contribution in [0, 0.1) is 13.8 Å². The average molecular weight is 456 g/mol. The number of carbonyl (C=O) groups excluding carboxylic acids is 1. The molecule has 2 heterocycles. The Morgan fingerprint density at radius 1 is 1.00 bits per heavy atom. The van der Waals surface area contributed by atoms with Gasteiger partial charge in [-0.15, -0.1) is 0 Å². The number of rotatable bonds is 5. The highest BCUT2D eigenvalue weighted by molar-refractivity contribution is 7.89. The molecule has 4 rings (SSSR count). The van der Waals surface area contributed by atoms with Crippen molar-refractivity contribution in [1.82, 2.24) is 14.1 Å². The molecule has 0 aliphatic carbocycles. The second kappa shape index (κ2) is 8.40. The van der Waals surface area contributed by atoms with Crippen molar-refractivity contribution in [1.29, 1.82) is 0 Å². The number of aromatic nitrogens is 2. The van der Waals surface area contributed by atoms with Crippen LogP contribution in [0.15, 0.2) is 47.4 Å². The second-order valence-corrected chi connectivity index (χ2v) is 9.52. The molecule has 0 saturated heterocycles. The molecular weight excluding hydrogens is 430 g/mol. The first-order chi connectivity index (χ1) is 15.3. The summed E-state index contributed by atoms with van der Waals surface area (Å²) in [5.41, 5.74) is 3.03. The molecule has 0 atom stereocenters. The number of aryl methyl sites for hydroxylation is 1. The zero-order valence-electron chi connectivity index (χ0n) is 18.5. The average Bonchev–Trinajstić information content (AvgIpc) is 3.11. The molecule has 0 spiro atoms. The van der Waals surface area contributed by atoms with Crippen LogP contribution in [0.1, 0.15) is 32.9 Å². The normalized spacial score (nSPS) is 14.1. The molecule has 1 aromatic heterocycles. The van der Waals surface area contributed by atoms with Crippen LogP contribution in [-0.2, 0) is 23.0 Å². The molecule has 1 aliphatic rings. The SMILES string of the molecule is COc1ccc(C(=O)n2nc(C)c(S(=O)(=O)N3CCc4ccccc4C3)c2C)cc1OC. The van der Waals surface area contributed by atoms with Crippen molar-refractivity contribution in [2.24, 2.45) is 0 Å². The summed E-state index contributed by atoms with van der Waals surface area (Å²) in [7, 11) is -0.838. The van der Waals surface area contributed by atoms with Crippen LogP contribution in [0.25, 0.3) is 0 Å². The van der Waals surface area contributed by atoms with Gasteiger partial charge < -0.3 is 9.47 Å². The Bertz CT molecular complexity index is 1300. The minimum Gasteiger partial charge on any atom is -0.493 e.